The summed E-state index contributed by atoms with van der Waals surface area (Å²) in [4.78, 5) is 27.2. The molecule has 26 heavy (non-hydrogen) atoms. The van der Waals surface area contributed by atoms with Crippen molar-refractivity contribution >= 4 is 12.1 Å². The minimum atomic E-state index is -0.988. The molecule has 1 aromatic carbocycles. The first-order valence-corrected chi connectivity index (χ1v) is 9.44. The van der Waals surface area contributed by atoms with E-state index in [1.165, 1.54) is 32.8 Å². The topological polar surface area (TPSA) is 67.9 Å². The van der Waals surface area contributed by atoms with Crippen molar-refractivity contribution in [2.45, 2.75) is 56.7 Å². The molecule has 1 N–H and O–H groups in total. The summed E-state index contributed by atoms with van der Waals surface area (Å²) < 4.78 is 10.3. The summed E-state index contributed by atoms with van der Waals surface area (Å²) in [7, 11) is 1.37. The first kappa shape index (κ1) is 18.7. The molecule has 142 valence electrons. The van der Waals surface area contributed by atoms with E-state index in [0.29, 0.717) is 18.9 Å². The van der Waals surface area contributed by atoms with E-state index in [9.17, 15) is 9.59 Å². The van der Waals surface area contributed by atoms with Crippen LogP contribution in [0.5, 0.6) is 0 Å². The number of rotatable bonds is 5. The van der Waals surface area contributed by atoms with Gasteiger partial charge >= 0.3 is 12.1 Å². The maximum absolute atomic E-state index is 12.4. The van der Waals surface area contributed by atoms with Gasteiger partial charge in [-0.05, 0) is 31.2 Å². The molecule has 0 radical (unpaired) electrons. The van der Waals surface area contributed by atoms with Crippen LogP contribution in [0.15, 0.2) is 30.3 Å². The monoisotopic (exact) mass is 360 g/mol. The van der Waals surface area contributed by atoms with Crippen LogP contribution in [0.25, 0.3) is 0 Å². The van der Waals surface area contributed by atoms with Crippen molar-refractivity contribution < 1.29 is 19.1 Å². The van der Waals surface area contributed by atoms with Gasteiger partial charge in [-0.2, -0.15) is 0 Å². The molecule has 0 atom stereocenters. The predicted molar refractivity (Wildman–Crippen MR) is 97.6 cm³/mol. The van der Waals surface area contributed by atoms with E-state index >= 15 is 0 Å². The number of likely N-dealkylation sites (tertiary alicyclic amines) is 1. The van der Waals surface area contributed by atoms with Gasteiger partial charge in [0.1, 0.15) is 12.1 Å². The number of carbonyl (C=O) groups excluding carboxylic acids is 2. The number of hydrogen-bond donors (Lipinski definition) is 1. The van der Waals surface area contributed by atoms with Crippen LogP contribution in [0.4, 0.5) is 4.79 Å². The van der Waals surface area contributed by atoms with Gasteiger partial charge in [-0.3, -0.25) is 0 Å². The highest BCUT2D eigenvalue weighted by atomic mass is 16.6. The van der Waals surface area contributed by atoms with Crippen LogP contribution in [0.3, 0.4) is 0 Å². The average molecular weight is 360 g/mol. The Bertz CT molecular complexity index is 605. The fraction of sp³-hybridized carbons (Fsp3) is 0.600. The molecule has 1 aromatic rings. The van der Waals surface area contributed by atoms with Crippen LogP contribution in [-0.4, -0.2) is 48.7 Å². The number of piperidine rings is 1. The Hall–Kier alpha value is -2.08. The molecule has 2 fully saturated rings. The van der Waals surface area contributed by atoms with Crippen LogP contribution >= 0.6 is 0 Å². The third-order valence-electron chi connectivity index (χ3n) is 5.62. The van der Waals surface area contributed by atoms with Gasteiger partial charge in [-0.1, -0.05) is 43.2 Å². The van der Waals surface area contributed by atoms with E-state index in [0.717, 1.165) is 18.7 Å². The molecule has 0 unspecified atom stereocenters. The lowest BCUT2D eigenvalue weighted by Crippen LogP contribution is -2.61. The van der Waals surface area contributed by atoms with E-state index < -0.39 is 11.6 Å². The van der Waals surface area contributed by atoms with E-state index in [1.54, 1.807) is 0 Å². The number of esters is 1. The highest BCUT2D eigenvalue weighted by Crippen LogP contribution is 2.30. The summed E-state index contributed by atoms with van der Waals surface area (Å²) in [5.41, 5.74) is -0.0803. The summed E-state index contributed by atoms with van der Waals surface area (Å²) in [5, 5.41) is 2.80. The van der Waals surface area contributed by atoms with Gasteiger partial charge in [0.05, 0.1) is 7.11 Å². The number of methoxy groups -OCH3 is 1. The second kappa shape index (κ2) is 8.54. The van der Waals surface area contributed by atoms with Crippen molar-refractivity contribution in [1.29, 1.82) is 0 Å². The Morgan fingerprint density at radius 3 is 2.42 bits per heavy atom. The van der Waals surface area contributed by atoms with Crippen LogP contribution in [0, 0.1) is 0 Å². The smallest absolute Gasteiger partial charge is 0.408 e. The zero-order valence-corrected chi connectivity index (χ0v) is 15.4. The van der Waals surface area contributed by atoms with E-state index in [1.807, 2.05) is 30.3 Å². The number of alkyl carbamates (subject to hydrolysis) is 1. The van der Waals surface area contributed by atoms with E-state index in [4.69, 9.17) is 9.47 Å². The van der Waals surface area contributed by atoms with Crippen LogP contribution in [0.2, 0.25) is 0 Å². The Labute approximate surface area is 154 Å². The Morgan fingerprint density at radius 2 is 1.81 bits per heavy atom. The number of hydrogen-bond acceptors (Lipinski definition) is 5. The summed E-state index contributed by atoms with van der Waals surface area (Å²) in [6, 6.07) is 10.1. The zero-order valence-electron chi connectivity index (χ0n) is 15.4. The molecule has 6 nitrogen and oxygen atoms in total. The first-order chi connectivity index (χ1) is 12.6. The van der Waals surface area contributed by atoms with Gasteiger partial charge in [-0.25, -0.2) is 9.59 Å². The van der Waals surface area contributed by atoms with Gasteiger partial charge in [-0.15, -0.1) is 0 Å². The highest BCUT2D eigenvalue weighted by Gasteiger charge is 2.45. The fourth-order valence-electron chi connectivity index (χ4n) is 4.07. The Kier molecular flexibility index (Phi) is 6.14. The number of amides is 1. The quantitative estimate of drug-likeness (QED) is 0.818. The minimum absolute atomic E-state index is 0.179. The summed E-state index contributed by atoms with van der Waals surface area (Å²) >= 11 is 0. The molecule has 1 heterocycles. The van der Waals surface area contributed by atoms with Crippen LogP contribution in [0.1, 0.15) is 44.1 Å². The molecule has 3 rings (SSSR count). The number of nitrogens with zero attached hydrogens (tertiary/aromatic N) is 1. The van der Waals surface area contributed by atoms with Crippen LogP contribution < -0.4 is 5.32 Å². The van der Waals surface area contributed by atoms with Gasteiger partial charge in [0.2, 0.25) is 0 Å². The van der Waals surface area contributed by atoms with E-state index in [2.05, 4.69) is 10.2 Å². The second-order valence-electron chi connectivity index (χ2n) is 7.23. The van der Waals surface area contributed by atoms with Gasteiger partial charge in [0.25, 0.3) is 0 Å². The predicted octanol–water partition coefficient (Wildman–Crippen LogP) is 2.86. The van der Waals surface area contributed by atoms with Crippen molar-refractivity contribution in [2.24, 2.45) is 0 Å². The second-order valence-corrected chi connectivity index (χ2v) is 7.23. The van der Waals surface area contributed by atoms with Crippen molar-refractivity contribution in [3.63, 3.8) is 0 Å². The van der Waals surface area contributed by atoms with Crippen molar-refractivity contribution in [3.8, 4) is 0 Å². The SMILES string of the molecule is COC(=O)C1(NC(=O)OCc2ccccc2)CCN(C2CCCC2)CC1. The normalized spacial score (nSPS) is 20.5. The maximum Gasteiger partial charge on any atom is 0.408 e. The molecule has 0 aromatic heterocycles. The highest BCUT2D eigenvalue weighted by molar-refractivity contribution is 5.85. The molecule has 0 spiro atoms. The molecular formula is C20H28N2O4. The van der Waals surface area contributed by atoms with Crippen molar-refractivity contribution in [3.05, 3.63) is 35.9 Å². The standard InChI is InChI=1S/C20H28N2O4/c1-25-18(23)20(11-13-22(14-12-20)17-9-5-6-10-17)21-19(24)26-15-16-7-3-2-4-8-16/h2-4,7-8,17H,5-6,9-15H2,1H3,(H,21,24). The summed E-state index contributed by atoms with van der Waals surface area (Å²) in [6.07, 6.45) is 5.57. The maximum atomic E-state index is 12.4. The molecule has 2 aliphatic rings. The summed E-state index contributed by atoms with van der Waals surface area (Å²) in [5.74, 6) is -0.389. The van der Waals surface area contributed by atoms with Crippen molar-refractivity contribution in [2.75, 3.05) is 20.2 Å². The Morgan fingerprint density at radius 1 is 1.15 bits per heavy atom. The van der Waals surface area contributed by atoms with Gasteiger partial charge < -0.3 is 19.7 Å². The molecule has 6 heteroatoms. The van der Waals surface area contributed by atoms with Gasteiger partial charge in [0.15, 0.2) is 0 Å². The molecule has 0 bridgehead atoms. The lowest BCUT2D eigenvalue weighted by Gasteiger charge is -2.42. The Balaban J connectivity index is 1.57. The lowest BCUT2D eigenvalue weighted by atomic mass is 9.86. The third-order valence-corrected chi connectivity index (χ3v) is 5.62. The molecular weight excluding hydrogens is 332 g/mol. The molecule has 1 amide bonds. The van der Waals surface area contributed by atoms with Crippen molar-refractivity contribution in [1.82, 2.24) is 10.2 Å². The van der Waals surface area contributed by atoms with E-state index in [-0.39, 0.29) is 12.6 Å². The number of nitrogens with one attached hydrogen (secondary N) is 1. The third kappa shape index (κ3) is 4.36. The van der Waals surface area contributed by atoms with Gasteiger partial charge in [0, 0.05) is 19.1 Å². The minimum Gasteiger partial charge on any atom is -0.467 e. The summed E-state index contributed by atoms with van der Waals surface area (Å²) in [6.45, 7) is 1.76. The number of ether oxygens (including phenoxy) is 2. The number of benzene rings is 1. The lowest BCUT2D eigenvalue weighted by molar-refractivity contribution is -0.151. The largest absolute Gasteiger partial charge is 0.467 e. The molecule has 1 aliphatic carbocycles. The fourth-order valence-corrected chi connectivity index (χ4v) is 4.07. The number of carbonyl (C=O) groups is 2. The molecule has 1 saturated carbocycles. The average Bonchev–Trinajstić information content (AvgIpc) is 3.22. The molecule has 1 saturated heterocycles. The molecule has 1 aliphatic heterocycles. The zero-order chi connectivity index (χ0) is 18.4. The van der Waals surface area contributed by atoms with Crippen LogP contribution in [-0.2, 0) is 20.9 Å². The first-order valence-electron chi connectivity index (χ1n) is 9.44.